The molecule has 1 fully saturated rings. The van der Waals surface area contributed by atoms with E-state index in [1.165, 1.54) is 0 Å². The highest BCUT2D eigenvalue weighted by Crippen LogP contribution is 2.29. The van der Waals surface area contributed by atoms with Crippen molar-refractivity contribution in [2.75, 3.05) is 0 Å². The first-order valence-corrected chi connectivity index (χ1v) is 8.25. The maximum absolute atomic E-state index is 12.4. The molecule has 22 heavy (non-hydrogen) atoms. The maximum Gasteiger partial charge on any atom is 0.265 e. The summed E-state index contributed by atoms with van der Waals surface area (Å²) in [7, 11) is 0. The van der Waals surface area contributed by atoms with Crippen LogP contribution in [0.2, 0.25) is 0 Å². The molecule has 2 aromatic heterocycles. The van der Waals surface area contributed by atoms with Crippen molar-refractivity contribution in [3.8, 4) is 0 Å². The Hall–Kier alpha value is -1.80. The van der Waals surface area contributed by atoms with Gasteiger partial charge in [0.15, 0.2) is 0 Å². The highest BCUT2D eigenvalue weighted by Gasteiger charge is 2.34. The molecule has 3 atom stereocenters. The van der Waals surface area contributed by atoms with Crippen molar-refractivity contribution >= 4 is 17.4 Å². The Kier molecular flexibility index (Phi) is 4.49. The molecule has 0 aromatic carbocycles. The van der Waals surface area contributed by atoms with Crippen molar-refractivity contribution in [1.29, 1.82) is 0 Å². The normalized spacial score (nSPS) is 25.1. The first kappa shape index (κ1) is 15.1. The van der Waals surface area contributed by atoms with Crippen LogP contribution in [0, 0.1) is 0 Å². The molecule has 0 bridgehead atoms. The van der Waals surface area contributed by atoms with Gasteiger partial charge in [-0.2, -0.15) is 0 Å². The number of nitrogens with zero attached hydrogens (tertiary/aromatic N) is 4. The van der Waals surface area contributed by atoms with E-state index < -0.39 is 6.10 Å². The minimum Gasteiger partial charge on any atom is -0.389 e. The predicted molar refractivity (Wildman–Crippen MR) is 81.7 cm³/mol. The van der Waals surface area contributed by atoms with Crippen molar-refractivity contribution in [2.24, 2.45) is 0 Å². The van der Waals surface area contributed by atoms with E-state index in [4.69, 9.17) is 0 Å². The third-order valence-electron chi connectivity index (χ3n) is 4.14. The SMILES string of the molecule is CCc1nnsc1C(=O)N[C@@H]1CCC[C@@H](n2ccnc2)[C@@H]1O. The van der Waals surface area contributed by atoms with Gasteiger partial charge in [-0.15, -0.1) is 5.10 Å². The Bertz CT molecular complexity index is 627. The number of amides is 1. The predicted octanol–water partition coefficient (Wildman–Crippen LogP) is 1.18. The zero-order valence-electron chi connectivity index (χ0n) is 12.3. The molecule has 1 aliphatic rings. The van der Waals surface area contributed by atoms with Crippen LogP contribution in [0.5, 0.6) is 0 Å². The second kappa shape index (κ2) is 6.53. The van der Waals surface area contributed by atoms with E-state index >= 15 is 0 Å². The van der Waals surface area contributed by atoms with Crippen LogP contribution >= 0.6 is 11.5 Å². The lowest BCUT2D eigenvalue weighted by Gasteiger charge is -2.35. The molecule has 0 spiro atoms. The molecule has 2 heterocycles. The summed E-state index contributed by atoms with van der Waals surface area (Å²) in [6.45, 7) is 1.94. The average Bonchev–Trinajstić information content (AvgIpc) is 3.20. The Balaban J connectivity index is 1.70. The fourth-order valence-electron chi connectivity index (χ4n) is 2.95. The lowest BCUT2D eigenvalue weighted by molar-refractivity contribution is 0.0399. The van der Waals surface area contributed by atoms with Gasteiger partial charge < -0.3 is 15.0 Å². The van der Waals surface area contributed by atoms with Crippen LogP contribution in [-0.2, 0) is 6.42 Å². The van der Waals surface area contributed by atoms with Gasteiger partial charge in [0.2, 0.25) is 0 Å². The zero-order chi connectivity index (χ0) is 15.5. The van der Waals surface area contributed by atoms with Gasteiger partial charge >= 0.3 is 0 Å². The van der Waals surface area contributed by atoms with Crippen LogP contribution in [0.4, 0.5) is 0 Å². The number of hydrogen-bond acceptors (Lipinski definition) is 6. The Labute approximate surface area is 132 Å². The second-order valence-corrected chi connectivity index (χ2v) is 6.24. The second-order valence-electron chi connectivity index (χ2n) is 5.48. The third kappa shape index (κ3) is 2.89. The van der Waals surface area contributed by atoms with E-state index in [1.54, 1.807) is 12.5 Å². The smallest absolute Gasteiger partial charge is 0.265 e. The van der Waals surface area contributed by atoms with Gasteiger partial charge in [0.05, 0.1) is 30.2 Å². The number of nitrogens with one attached hydrogen (secondary N) is 1. The van der Waals surface area contributed by atoms with Crippen molar-refractivity contribution < 1.29 is 9.90 Å². The summed E-state index contributed by atoms with van der Waals surface area (Å²) < 4.78 is 5.75. The maximum atomic E-state index is 12.4. The fourth-order valence-corrected chi connectivity index (χ4v) is 3.60. The molecule has 3 rings (SSSR count). The topological polar surface area (TPSA) is 92.9 Å². The molecule has 0 saturated heterocycles. The van der Waals surface area contributed by atoms with Crippen LogP contribution in [0.1, 0.15) is 47.6 Å². The number of hydrogen-bond donors (Lipinski definition) is 2. The monoisotopic (exact) mass is 321 g/mol. The van der Waals surface area contributed by atoms with Crippen molar-refractivity contribution in [3.63, 3.8) is 0 Å². The molecular weight excluding hydrogens is 302 g/mol. The van der Waals surface area contributed by atoms with Gasteiger partial charge in [-0.3, -0.25) is 4.79 Å². The van der Waals surface area contributed by atoms with Gasteiger partial charge in [-0.1, -0.05) is 11.4 Å². The minimum atomic E-state index is -0.627. The van der Waals surface area contributed by atoms with E-state index in [-0.39, 0.29) is 18.0 Å². The summed E-state index contributed by atoms with van der Waals surface area (Å²) in [5.74, 6) is -0.192. The molecule has 1 saturated carbocycles. The number of aryl methyl sites for hydroxylation is 1. The number of rotatable bonds is 4. The largest absolute Gasteiger partial charge is 0.389 e. The number of aliphatic hydroxyl groups is 1. The quantitative estimate of drug-likeness (QED) is 0.882. The lowest BCUT2D eigenvalue weighted by Crippen LogP contribution is -2.49. The summed E-state index contributed by atoms with van der Waals surface area (Å²) >= 11 is 1.10. The summed E-state index contributed by atoms with van der Waals surface area (Å²) in [6.07, 6.45) is 7.90. The number of aliphatic hydroxyl groups excluding tert-OH is 1. The summed E-state index contributed by atoms with van der Waals surface area (Å²) in [6, 6.07) is -0.313. The Morgan fingerprint density at radius 2 is 2.41 bits per heavy atom. The summed E-state index contributed by atoms with van der Waals surface area (Å²) in [5.41, 5.74) is 0.707. The van der Waals surface area contributed by atoms with Crippen LogP contribution in [0.15, 0.2) is 18.7 Å². The summed E-state index contributed by atoms with van der Waals surface area (Å²) in [4.78, 5) is 17.0. The zero-order valence-corrected chi connectivity index (χ0v) is 13.2. The minimum absolute atomic E-state index is 0.0493. The molecule has 0 aliphatic heterocycles. The first-order chi connectivity index (χ1) is 10.7. The Morgan fingerprint density at radius 1 is 1.55 bits per heavy atom. The van der Waals surface area contributed by atoms with E-state index in [9.17, 15) is 9.90 Å². The van der Waals surface area contributed by atoms with Gasteiger partial charge in [-0.25, -0.2) is 4.98 Å². The van der Waals surface area contributed by atoms with Crippen molar-refractivity contribution in [3.05, 3.63) is 29.3 Å². The molecule has 7 nitrogen and oxygen atoms in total. The van der Waals surface area contributed by atoms with Crippen LogP contribution in [0.25, 0.3) is 0 Å². The van der Waals surface area contributed by atoms with E-state index in [2.05, 4.69) is 19.9 Å². The Morgan fingerprint density at radius 3 is 3.14 bits per heavy atom. The number of imidazole rings is 1. The van der Waals surface area contributed by atoms with Gasteiger partial charge in [-0.05, 0) is 37.2 Å². The number of aromatic nitrogens is 4. The first-order valence-electron chi connectivity index (χ1n) is 7.48. The molecule has 8 heteroatoms. The molecule has 1 aliphatic carbocycles. The molecular formula is C14H19N5O2S. The van der Waals surface area contributed by atoms with E-state index in [0.29, 0.717) is 17.0 Å². The highest BCUT2D eigenvalue weighted by molar-refractivity contribution is 7.08. The molecule has 118 valence electrons. The van der Waals surface area contributed by atoms with E-state index in [0.717, 1.165) is 30.8 Å². The summed E-state index contributed by atoms with van der Waals surface area (Å²) in [5, 5.41) is 17.5. The van der Waals surface area contributed by atoms with E-state index in [1.807, 2.05) is 17.7 Å². The van der Waals surface area contributed by atoms with Crippen molar-refractivity contribution in [1.82, 2.24) is 24.5 Å². The average molecular weight is 321 g/mol. The van der Waals surface area contributed by atoms with Crippen LogP contribution in [-0.4, -0.2) is 42.3 Å². The van der Waals surface area contributed by atoms with Gasteiger partial charge in [0.25, 0.3) is 5.91 Å². The third-order valence-corrected chi connectivity index (χ3v) is 4.91. The van der Waals surface area contributed by atoms with Crippen LogP contribution < -0.4 is 5.32 Å². The van der Waals surface area contributed by atoms with Gasteiger partial charge in [0.1, 0.15) is 4.88 Å². The fraction of sp³-hybridized carbons (Fsp3) is 0.571. The lowest BCUT2D eigenvalue weighted by atomic mass is 9.88. The molecule has 0 unspecified atom stereocenters. The number of carbonyl (C=O) groups excluding carboxylic acids is 1. The molecule has 2 aromatic rings. The standard InChI is InChI=1S/C14H19N5O2S/c1-2-9-13(22-18-17-9)14(21)16-10-4-3-5-11(12(10)20)19-7-6-15-8-19/h6-8,10-12,20H,2-5H2,1H3,(H,16,21)/t10-,11-,12-/m1/s1. The molecule has 0 radical (unpaired) electrons. The van der Waals surface area contributed by atoms with Crippen molar-refractivity contribution in [2.45, 2.75) is 50.8 Å². The van der Waals surface area contributed by atoms with Crippen LogP contribution in [0.3, 0.4) is 0 Å². The van der Waals surface area contributed by atoms with Gasteiger partial charge in [0, 0.05) is 12.4 Å². The number of carbonyl (C=O) groups is 1. The molecule has 2 N–H and O–H groups in total. The highest BCUT2D eigenvalue weighted by atomic mass is 32.1. The molecule has 1 amide bonds.